The summed E-state index contributed by atoms with van der Waals surface area (Å²) >= 11 is 0. The molecule has 2 rings (SSSR count). The highest BCUT2D eigenvalue weighted by Crippen LogP contribution is 2.18. The van der Waals surface area contributed by atoms with Gasteiger partial charge in [0.25, 0.3) is 0 Å². The van der Waals surface area contributed by atoms with E-state index in [-0.39, 0.29) is 4.90 Å². The van der Waals surface area contributed by atoms with E-state index < -0.39 is 27.5 Å². The SMILES string of the molecule is Cc1ccc(S(=O)(=O)N[C@H](C[N+](=O)[O-])c2ccccc2)cc1. The van der Waals surface area contributed by atoms with Crippen LogP contribution in [0.5, 0.6) is 0 Å². The molecule has 0 fully saturated rings. The molecular formula is C15H16N2O4S. The van der Waals surface area contributed by atoms with E-state index in [0.717, 1.165) is 5.56 Å². The molecule has 1 atom stereocenters. The molecule has 0 spiro atoms. The summed E-state index contributed by atoms with van der Waals surface area (Å²) in [5, 5.41) is 10.8. The van der Waals surface area contributed by atoms with Crippen molar-refractivity contribution in [2.75, 3.05) is 6.54 Å². The first-order chi connectivity index (χ1) is 10.4. The highest BCUT2D eigenvalue weighted by atomic mass is 32.2. The highest BCUT2D eigenvalue weighted by molar-refractivity contribution is 7.89. The zero-order chi connectivity index (χ0) is 16.2. The van der Waals surface area contributed by atoms with E-state index in [0.29, 0.717) is 5.56 Å². The number of benzene rings is 2. The predicted molar refractivity (Wildman–Crippen MR) is 82.5 cm³/mol. The fourth-order valence-corrected chi connectivity index (χ4v) is 3.23. The monoisotopic (exact) mass is 320 g/mol. The Bertz CT molecular complexity index is 743. The van der Waals surface area contributed by atoms with Gasteiger partial charge in [-0.05, 0) is 24.6 Å². The van der Waals surface area contributed by atoms with Crippen LogP contribution in [0.25, 0.3) is 0 Å². The third kappa shape index (κ3) is 4.12. The quantitative estimate of drug-likeness (QED) is 0.653. The minimum absolute atomic E-state index is 0.0855. The van der Waals surface area contributed by atoms with Gasteiger partial charge in [0.1, 0.15) is 6.04 Å². The Labute approximate surface area is 129 Å². The van der Waals surface area contributed by atoms with Gasteiger partial charge >= 0.3 is 0 Å². The third-order valence-electron chi connectivity index (χ3n) is 3.16. The van der Waals surface area contributed by atoms with Crippen molar-refractivity contribution < 1.29 is 13.3 Å². The van der Waals surface area contributed by atoms with Gasteiger partial charge in [-0.15, -0.1) is 0 Å². The van der Waals surface area contributed by atoms with Crippen molar-refractivity contribution in [2.45, 2.75) is 17.9 Å². The second-order valence-corrected chi connectivity index (χ2v) is 6.63. The van der Waals surface area contributed by atoms with Crippen molar-refractivity contribution in [3.8, 4) is 0 Å². The Morgan fingerprint density at radius 3 is 2.23 bits per heavy atom. The Morgan fingerprint density at radius 1 is 1.09 bits per heavy atom. The van der Waals surface area contributed by atoms with Crippen molar-refractivity contribution in [3.05, 3.63) is 75.8 Å². The standard InChI is InChI=1S/C15H16N2O4S/c1-12-7-9-14(10-8-12)22(20,21)16-15(11-17(18)19)13-5-3-2-4-6-13/h2-10,15-16H,11H2,1H3/t15-/m1/s1. The minimum atomic E-state index is -3.82. The molecule has 1 N–H and O–H groups in total. The van der Waals surface area contributed by atoms with Crippen LogP contribution >= 0.6 is 0 Å². The van der Waals surface area contributed by atoms with Crippen molar-refractivity contribution in [3.63, 3.8) is 0 Å². The molecule has 116 valence electrons. The van der Waals surface area contributed by atoms with Crippen molar-refractivity contribution >= 4 is 10.0 Å². The molecule has 7 heteroatoms. The molecule has 0 saturated carbocycles. The Hall–Kier alpha value is -2.25. The lowest BCUT2D eigenvalue weighted by molar-refractivity contribution is -0.483. The molecule has 0 aromatic heterocycles. The van der Waals surface area contributed by atoms with Gasteiger partial charge in [0.2, 0.25) is 16.6 Å². The Balaban J connectivity index is 2.30. The Morgan fingerprint density at radius 2 is 1.68 bits per heavy atom. The molecule has 0 saturated heterocycles. The van der Waals surface area contributed by atoms with Crippen LogP contribution in [0.2, 0.25) is 0 Å². The van der Waals surface area contributed by atoms with Crippen LogP contribution in [0, 0.1) is 17.0 Å². The van der Waals surface area contributed by atoms with Crippen LogP contribution in [0.3, 0.4) is 0 Å². The van der Waals surface area contributed by atoms with E-state index >= 15 is 0 Å². The predicted octanol–water partition coefficient (Wildman–Crippen LogP) is 2.29. The number of nitro groups is 1. The smallest absolute Gasteiger partial charge is 0.241 e. The largest absolute Gasteiger partial charge is 0.264 e. The number of sulfonamides is 1. The van der Waals surface area contributed by atoms with Crippen molar-refractivity contribution in [2.24, 2.45) is 0 Å². The van der Waals surface area contributed by atoms with E-state index in [4.69, 9.17) is 0 Å². The van der Waals surface area contributed by atoms with Crippen molar-refractivity contribution in [1.82, 2.24) is 4.72 Å². The number of rotatable bonds is 6. The van der Waals surface area contributed by atoms with Gasteiger partial charge in [0.05, 0.1) is 4.90 Å². The molecule has 0 aliphatic carbocycles. The summed E-state index contributed by atoms with van der Waals surface area (Å²) in [4.78, 5) is 10.4. The van der Waals surface area contributed by atoms with Crippen LogP contribution in [0.4, 0.5) is 0 Å². The zero-order valence-corrected chi connectivity index (χ0v) is 12.8. The molecule has 0 aliphatic rings. The first kappa shape index (κ1) is 16.1. The lowest BCUT2D eigenvalue weighted by atomic mass is 10.1. The Kier molecular flexibility index (Phi) is 4.89. The average molecular weight is 320 g/mol. The average Bonchev–Trinajstić information content (AvgIpc) is 2.47. The van der Waals surface area contributed by atoms with Crippen LogP contribution < -0.4 is 4.72 Å². The normalized spacial score (nSPS) is 12.8. The summed E-state index contributed by atoms with van der Waals surface area (Å²) in [5.74, 6) is 0. The maximum absolute atomic E-state index is 12.4. The molecule has 6 nitrogen and oxygen atoms in total. The van der Waals surface area contributed by atoms with E-state index in [1.807, 2.05) is 6.92 Å². The fraction of sp³-hybridized carbons (Fsp3) is 0.200. The van der Waals surface area contributed by atoms with Crippen LogP contribution in [0.1, 0.15) is 17.2 Å². The number of nitrogens with one attached hydrogen (secondary N) is 1. The maximum Gasteiger partial charge on any atom is 0.241 e. The number of aryl methyl sites for hydroxylation is 1. The van der Waals surface area contributed by atoms with E-state index in [9.17, 15) is 18.5 Å². The molecule has 2 aromatic carbocycles. The van der Waals surface area contributed by atoms with Gasteiger partial charge in [0.15, 0.2) is 0 Å². The molecule has 0 heterocycles. The van der Waals surface area contributed by atoms with Crippen LogP contribution in [0.15, 0.2) is 59.5 Å². The number of nitrogens with zero attached hydrogens (tertiary/aromatic N) is 1. The highest BCUT2D eigenvalue weighted by Gasteiger charge is 2.25. The van der Waals surface area contributed by atoms with Gasteiger partial charge in [-0.2, -0.15) is 4.72 Å². The summed E-state index contributed by atoms with van der Waals surface area (Å²) < 4.78 is 27.2. The van der Waals surface area contributed by atoms with Gasteiger partial charge in [-0.3, -0.25) is 10.1 Å². The zero-order valence-electron chi connectivity index (χ0n) is 12.0. The van der Waals surface area contributed by atoms with E-state index in [1.165, 1.54) is 12.1 Å². The summed E-state index contributed by atoms with van der Waals surface area (Å²) in [6.45, 7) is 1.33. The summed E-state index contributed by atoms with van der Waals surface area (Å²) in [5.41, 5.74) is 1.48. The molecular weight excluding hydrogens is 304 g/mol. The fourth-order valence-electron chi connectivity index (χ4n) is 2.02. The second-order valence-electron chi connectivity index (χ2n) is 4.91. The van der Waals surface area contributed by atoms with Gasteiger partial charge in [-0.25, -0.2) is 8.42 Å². The first-order valence-electron chi connectivity index (χ1n) is 6.64. The van der Waals surface area contributed by atoms with Gasteiger partial charge in [0, 0.05) is 4.92 Å². The maximum atomic E-state index is 12.4. The molecule has 0 amide bonds. The van der Waals surface area contributed by atoms with Gasteiger partial charge in [-0.1, -0.05) is 48.0 Å². The molecule has 2 aromatic rings. The number of hydrogen-bond acceptors (Lipinski definition) is 4. The lowest BCUT2D eigenvalue weighted by Gasteiger charge is -2.15. The van der Waals surface area contributed by atoms with Crippen LogP contribution in [-0.2, 0) is 10.0 Å². The topological polar surface area (TPSA) is 89.3 Å². The molecule has 0 unspecified atom stereocenters. The molecule has 0 aliphatic heterocycles. The molecule has 22 heavy (non-hydrogen) atoms. The summed E-state index contributed by atoms with van der Waals surface area (Å²) in [7, 11) is -3.82. The van der Waals surface area contributed by atoms with Gasteiger partial charge < -0.3 is 0 Å². The summed E-state index contributed by atoms with van der Waals surface area (Å²) in [6.07, 6.45) is 0. The molecule has 0 radical (unpaired) electrons. The second kappa shape index (κ2) is 6.67. The number of hydrogen-bond donors (Lipinski definition) is 1. The summed E-state index contributed by atoms with van der Waals surface area (Å²) in [6, 6.07) is 13.9. The van der Waals surface area contributed by atoms with E-state index in [1.54, 1.807) is 42.5 Å². The lowest BCUT2D eigenvalue weighted by Crippen LogP contribution is -2.33. The van der Waals surface area contributed by atoms with Crippen LogP contribution in [-0.4, -0.2) is 19.9 Å². The third-order valence-corrected chi connectivity index (χ3v) is 4.65. The minimum Gasteiger partial charge on any atom is -0.264 e. The first-order valence-corrected chi connectivity index (χ1v) is 8.12. The van der Waals surface area contributed by atoms with Crippen molar-refractivity contribution in [1.29, 1.82) is 0 Å². The van der Waals surface area contributed by atoms with E-state index in [2.05, 4.69) is 4.72 Å². The molecule has 0 bridgehead atoms.